The SMILES string of the molecule is Cc1ccc(C(=O)Nc2cc(CN3CCN(C)CC3)c(F)c(C(F)(F)F)c2)cc1-n1cc(-c2cnc3[nH]ccc3c2)nn1. The molecule has 1 saturated heterocycles. The number of likely N-dealkylation sites (N-methyl/N-ethyl adjacent to an activating group) is 1. The van der Waals surface area contributed by atoms with E-state index in [-0.39, 0.29) is 23.4 Å². The summed E-state index contributed by atoms with van der Waals surface area (Å²) in [6.45, 7) is 4.50. The number of hydrogen-bond acceptors (Lipinski definition) is 6. The Labute approximate surface area is 244 Å². The average Bonchev–Trinajstić information content (AvgIpc) is 3.65. The fourth-order valence-corrected chi connectivity index (χ4v) is 5.12. The van der Waals surface area contributed by atoms with Crippen molar-refractivity contribution in [3.63, 3.8) is 0 Å². The number of aromatic amines is 1. The van der Waals surface area contributed by atoms with Gasteiger partial charge in [-0.15, -0.1) is 5.10 Å². The van der Waals surface area contributed by atoms with Crippen LogP contribution in [0.2, 0.25) is 0 Å². The lowest BCUT2D eigenvalue weighted by atomic mass is 10.1. The van der Waals surface area contributed by atoms with E-state index in [1.54, 1.807) is 36.8 Å². The van der Waals surface area contributed by atoms with Crippen LogP contribution < -0.4 is 5.32 Å². The number of amides is 1. The number of alkyl halides is 3. The number of carbonyl (C=O) groups is 1. The maximum atomic E-state index is 15.0. The molecular weight excluding hydrogens is 564 g/mol. The van der Waals surface area contributed by atoms with E-state index in [2.05, 4.69) is 30.5 Å². The number of H-pyrrole nitrogens is 1. The van der Waals surface area contributed by atoms with Crippen molar-refractivity contribution in [2.45, 2.75) is 19.6 Å². The summed E-state index contributed by atoms with van der Waals surface area (Å²) in [4.78, 5) is 24.7. The van der Waals surface area contributed by atoms with Crippen molar-refractivity contribution < 1.29 is 22.4 Å². The van der Waals surface area contributed by atoms with Crippen LogP contribution in [0, 0.1) is 12.7 Å². The minimum absolute atomic E-state index is 0.00230. The van der Waals surface area contributed by atoms with Crippen molar-refractivity contribution in [2.75, 3.05) is 38.5 Å². The highest BCUT2D eigenvalue weighted by Crippen LogP contribution is 2.35. The Morgan fingerprint density at radius 2 is 1.86 bits per heavy atom. The van der Waals surface area contributed by atoms with Gasteiger partial charge in [0.25, 0.3) is 5.91 Å². The Morgan fingerprint density at radius 3 is 2.63 bits per heavy atom. The number of anilines is 1. The van der Waals surface area contributed by atoms with Gasteiger partial charge < -0.3 is 15.2 Å². The topological polar surface area (TPSA) is 95.0 Å². The Morgan fingerprint density at radius 1 is 1.07 bits per heavy atom. The minimum Gasteiger partial charge on any atom is -0.346 e. The van der Waals surface area contributed by atoms with Crippen LogP contribution in [0.3, 0.4) is 0 Å². The Balaban J connectivity index is 1.26. The van der Waals surface area contributed by atoms with Crippen LogP contribution in [-0.2, 0) is 12.7 Å². The molecule has 1 fully saturated rings. The molecule has 222 valence electrons. The van der Waals surface area contributed by atoms with Gasteiger partial charge in [-0.25, -0.2) is 14.1 Å². The van der Waals surface area contributed by atoms with Crippen molar-refractivity contribution >= 4 is 22.6 Å². The van der Waals surface area contributed by atoms with Crippen LogP contribution in [-0.4, -0.2) is 73.9 Å². The largest absolute Gasteiger partial charge is 0.419 e. The summed E-state index contributed by atoms with van der Waals surface area (Å²) >= 11 is 0. The lowest BCUT2D eigenvalue weighted by Crippen LogP contribution is -2.44. The molecule has 3 aromatic heterocycles. The summed E-state index contributed by atoms with van der Waals surface area (Å²) in [5.41, 5.74) is 1.95. The Bertz CT molecular complexity index is 1800. The predicted octanol–water partition coefficient (Wildman–Crippen LogP) is 5.28. The van der Waals surface area contributed by atoms with Gasteiger partial charge >= 0.3 is 6.18 Å². The first-order chi connectivity index (χ1) is 20.5. The second kappa shape index (κ2) is 11.2. The van der Waals surface area contributed by atoms with Gasteiger partial charge in [0.1, 0.15) is 17.2 Å². The molecule has 0 saturated carbocycles. The summed E-state index contributed by atoms with van der Waals surface area (Å²) < 4.78 is 57.9. The third-order valence-corrected chi connectivity index (χ3v) is 7.61. The average molecular weight is 593 g/mol. The van der Waals surface area contributed by atoms with Gasteiger partial charge in [0.15, 0.2) is 0 Å². The highest BCUT2D eigenvalue weighted by Gasteiger charge is 2.36. The third-order valence-electron chi connectivity index (χ3n) is 7.61. The van der Waals surface area contributed by atoms with Gasteiger partial charge in [0.05, 0.1) is 17.4 Å². The van der Waals surface area contributed by atoms with Crippen molar-refractivity contribution in [2.24, 2.45) is 0 Å². The molecule has 2 N–H and O–H groups in total. The van der Waals surface area contributed by atoms with Crippen LogP contribution >= 0.6 is 0 Å². The number of aromatic nitrogens is 5. The number of halogens is 4. The highest BCUT2D eigenvalue weighted by atomic mass is 19.4. The number of rotatable bonds is 6. The number of nitrogens with one attached hydrogen (secondary N) is 2. The molecule has 1 aliphatic rings. The van der Waals surface area contributed by atoms with Crippen LogP contribution in [0.15, 0.2) is 61.1 Å². The Hall–Kier alpha value is -4.62. The fourth-order valence-electron chi connectivity index (χ4n) is 5.12. The highest BCUT2D eigenvalue weighted by molar-refractivity contribution is 6.04. The monoisotopic (exact) mass is 592 g/mol. The van der Waals surface area contributed by atoms with Crippen LogP contribution in [0.5, 0.6) is 0 Å². The van der Waals surface area contributed by atoms with Crippen molar-refractivity contribution in [3.8, 4) is 16.9 Å². The molecule has 9 nitrogen and oxygen atoms in total. The van der Waals surface area contributed by atoms with Gasteiger partial charge in [0.2, 0.25) is 0 Å². The second-order valence-corrected chi connectivity index (χ2v) is 10.7. The number of pyridine rings is 1. The zero-order valence-electron chi connectivity index (χ0n) is 23.4. The van der Waals surface area contributed by atoms with Crippen molar-refractivity contribution in [1.29, 1.82) is 0 Å². The van der Waals surface area contributed by atoms with Gasteiger partial charge in [-0.2, -0.15) is 13.2 Å². The van der Waals surface area contributed by atoms with Gasteiger partial charge in [0, 0.05) is 72.9 Å². The van der Waals surface area contributed by atoms with Gasteiger partial charge in [-0.05, 0) is 55.9 Å². The fraction of sp³-hybridized carbons (Fsp3) is 0.267. The van der Waals surface area contributed by atoms with E-state index < -0.39 is 23.5 Å². The number of piperazine rings is 1. The first-order valence-electron chi connectivity index (χ1n) is 13.6. The number of aryl methyl sites for hydroxylation is 1. The number of nitrogens with zero attached hydrogens (tertiary/aromatic N) is 6. The van der Waals surface area contributed by atoms with E-state index >= 15 is 4.39 Å². The summed E-state index contributed by atoms with van der Waals surface area (Å²) in [6, 6.07) is 10.6. The van der Waals surface area contributed by atoms with Crippen LogP contribution in [0.4, 0.5) is 23.2 Å². The molecular formula is C30H28F4N8O. The molecule has 0 bridgehead atoms. The molecule has 2 aromatic carbocycles. The molecule has 0 unspecified atom stereocenters. The van der Waals surface area contributed by atoms with E-state index in [4.69, 9.17) is 0 Å². The molecule has 5 aromatic rings. The van der Waals surface area contributed by atoms with E-state index in [0.29, 0.717) is 30.5 Å². The number of benzene rings is 2. The van der Waals surface area contributed by atoms with Crippen LogP contribution in [0.1, 0.15) is 27.0 Å². The van der Waals surface area contributed by atoms with Crippen molar-refractivity contribution in [3.05, 3.63) is 89.1 Å². The molecule has 1 amide bonds. The maximum absolute atomic E-state index is 15.0. The molecule has 4 heterocycles. The molecule has 13 heteroatoms. The molecule has 0 aliphatic carbocycles. The second-order valence-electron chi connectivity index (χ2n) is 10.7. The molecule has 0 atom stereocenters. The maximum Gasteiger partial charge on any atom is 0.419 e. The van der Waals surface area contributed by atoms with E-state index in [1.807, 2.05) is 31.0 Å². The smallest absolute Gasteiger partial charge is 0.346 e. The molecule has 6 rings (SSSR count). The molecule has 0 radical (unpaired) electrons. The first-order valence-corrected chi connectivity index (χ1v) is 13.6. The quantitative estimate of drug-likeness (QED) is 0.261. The van der Waals surface area contributed by atoms with Gasteiger partial charge in [-0.1, -0.05) is 11.3 Å². The van der Waals surface area contributed by atoms with E-state index in [9.17, 15) is 18.0 Å². The summed E-state index contributed by atoms with van der Waals surface area (Å²) in [7, 11) is 1.95. The lowest BCUT2D eigenvalue weighted by molar-refractivity contribution is -0.140. The third kappa shape index (κ3) is 5.99. The van der Waals surface area contributed by atoms with E-state index in [1.165, 1.54) is 10.7 Å². The molecule has 43 heavy (non-hydrogen) atoms. The standard InChI is InChI=1S/C30H28F4N8O/c1-18-3-4-20(13-26(18)42-17-25(38-39-42)21-11-19-5-6-35-28(19)36-15-21)29(43)37-23-12-22(16-41-9-7-40(2)8-10-41)27(31)24(14-23)30(32,33)34/h3-6,11-15,17H,7-10,16H2,1-2H3,(H,35,36)(H,37,43). The van der Waals surface area contributed by atoms with Crippen LogP contribution in [0.25, 0.3) is 28.0 Å². The molecule has 1 aliphatic heterocycles. The zero-order chi connectivity index (χ0) is 30.3. The predicted molar refractivity (Wildman–Crippen MR) is 153 cm³/mol. The minimum atomic E-state index is -4.93. The lowest BCUT2D eigenvalue weighted by Gasteiger charge is -2.32. The Kier molecular flexibility index (Phi) is 7.44. The number of hydrogen-bond donors (Lipinski definition) is 2. The first kappa shape index (κ1) is 28.5. The zero-order valence-corrected chi connectivity index (χ0v) is 23.4. The molecule has 0 spiro atoms. The summed E-state index contributed by atoms with van der Waals surface area (Å²) in [5, 5.41) is 11.9. The van der Waals surface area contributed by atoms with Gasteiger partial charge in [-0.3, -0.25) is 9.69 Å². The number of fused-ring (bicyclic) bond motifs is 1. The number of carbonyl (C=O) groups excluding carboxylic acids is 1. The summed E-state index contributed by atoms with van der Waals surface area (Å²) in [6.07, 6.45) is 0.257. The summed E-state index contributed by atoms with van der Waals surface area (Å²) in [5.74, 6) is -1.97. The normalized spacial score (nSPS) is 14.8. The van der Waals surface area contributed by atoms with E-state index in [0.717, 1.165) is 35.2 Å². The van der Waals surface area contributed by atoms with Crippen molar-refractivity contribution in [1.82, 2.24) is 34.8 Å².